The normalized spacial score (nSPS) is 11.6. The topological polar surface area (TPSA) is 43.9 Å². The average molecular weight is 640 g/mol. The predicted molar refractivity (Wildman–Crippen MR) is 205 cm³/mol. The fraction of sp³-hybridized carbons (Fsp3) is 0. The number of hydrogen-bond acceptors (Lipinski definition) is 3. The van der Waals surface area contributed by atoms with Gasteiger partial charge in [-0.1, -0.05) is 121 Å². The van der Waals surface area contributed by atoms with Crippen LogP contribution in [0.25, 0.3) is 94.2 Å². The molecule has 0 aliphatic rings. The van der Waals surface area contributed by atoms with Gasteiger partial charge in [0.2, 0.25) is 0 Å². The Balaban J connectivity index is 1.04. The number of rotatable bonds is 5. The zero-order valence-electron chi connectivity index (χ0n) is 27.0. The van der Waals surface area contributed by atoms with E-state index in [1.165, 1.54) is 32.9 Å². The molecule has 3 heterocycles. The first-order chi connectivity index (χ1) is 24.8. The summed E-state index contributed by atoms with van der Waals surface area (Å²) in [6, 6.07) is 60.0. The summed E-state index contributed by atoms with van der Waals surface area (Å²) in [4.78, 5) is 9.45. The first-order valence-corrected chi connectivity index (χ1v) is 16.8. The van der Waals surface area contributed by atoms with Crippen LogP contribution in [0.1, 0.15) is 0 Å². The molecule has 4 nitrogen and oxygen atoms in total. The Morgan fingerprint density at radius 2 is 0.980 bits per heavy atom. The van der Waals surface area contributed by atoms with Gasteiger partial charge in [-0.05, 0) is 81.9 Å². The molecule has 0 atom stereocenters. The maximum absolute atomic E-state index is 6.47. The molecule has 0 radical (unpaired) electrons. The predicted octanol–water partition coefficient (Wildman–Crippen LogP) is 12.1. The molecule has 0 aliphatic carbocycles. The third-order valence-electron chi connectivity index (χ3n) is 9.73. The minimum atomic E-state index is 0.692. The molecule has 0 fully saturated rings. The second-order valence-electron chi connectivity index (χ2n) is 12.7. The zero-order chi connectivity index (χ0) is 33.0. The first kappa shape index (κ1) is 28.3. The van der Waals surface area contributed by atoms with Crippen molar-refractivity contribution >= 4 is 43.9 Å². The fourth-order valence-electron chi connectivity index (χ4n) is 7.30. The molecule has 0 saturated heterocycles. The molecular weight excluding hydrogens is 611 g/mol. The van der Waals surface area contributed by atoms with Crippen LogP contribution in [0, 0.1) is 0 Å². The van der Waals surface area contributed by atoms with Gasteiger partial charge in [-0.15, -0.1) is 0 Å². The van der Waals surface area contributed by atoms with Crippen LogP contribution in [0.3, 0.4) is 0 Å². The Bertz CT molecular complexity index is 2850. The number of hydrogen-bond donors (Lipinski definition) is 0. The highest BCUT2D eigenvalue weighted by Gasteiger charge is 2.17. The van der Waals surface area contributed by atoms with Crippen molar-refractivity contribution in [2.75, 3.05) is 0 Å². The van der Waals surface area contributed by atoms with Crippen molar-refractivity contribution < 1.29 is 4.42 Å². The molecule has 0 N–H and O–H groups in total. The van der Waals surface area contributed by atoms with E-state index in [1.54, 1.807) is 6.33 Å². The molecule has 4 heteroatoms. The van der Waals surface area contributed by atoms with Gasteiger partial charge in [0.15, 0.2) is 5.58 Å². The highest BCUT2D eigenvalue weighted by atomic mass is 16.3. The van der Waals surface area contributed by atoms with Crippen molar-refractivity contribution in [2.45, 2.75) is 0 Å². The summed E-state index contributed by atoms with van der Waals surface area (Å²) in [7, 11) is 0. The summed E-state index contributed by atoms with van der Waals surface area (Å²) in [6.07, 6.45) is 1.64. The highest BCUT2D eigenvalue weighted by Crippen LogP contribution is 2.38. The van der Waals surface area contributed by atoms with Crippen LogP contribution in [-0.4, -0.2) is 14.5 Å². The number of fused-ring (bicyclic) bond motifs is 6. The van der Waals surface area contributed by atoms with Crippen molar-refractivity contribution in [3.8, 4) is 50.3 Å². The number of para-hydroxylation sites is 2. The van der Waals surface area contributed by atoms with Crippen LogP contribution < -0.4 is 0 Å². The maximum atomic E-state index is 6.47. The third kappa shape index (κ3) is 4.61. The lowest BCUT2D eigenvalue weighted by Crippen LogP contribution is -1.92. The molecule has 0 spiro atoms. The van der Waals surface area contributed by atoms with E-state index in [1.807, 2.05) is 12.1 Å². The van der Waals surface area contributed by atoms with E-state index in [0.29, 0.717) is 5.58 Å². The molecule has 0 bridgehead atoms. The molecule has 0 aliphatic heterocycles. The van der Waals surface area contributed by atoms with Crippen molar-refractivity contribution in [2.24, 2.45) is 0 Å². The fourth-order valence-corrected chi connectivity index (χ4v) is 7.30. The van der Waals surface area contributed by atoms with Crippen LogP contribution in [0.4, 0.5) is 0 Å². The standard InChI is InChI=1S/C46H29N3O/c1-3-10-30(11-4-1)31-18-20-32(21-19-31)34-23-25-43-40(28-34)45-46(50-43)44(47-29-48-45)36-13-9-12-33(26-36)35-22-24-42-39(27-35)38-16-7-8-17-41(38)49(42)37-14-5-2-6-15-37/h1-29H. The van der Waals surface area contributed by atoms with Gasteiger partial charge in [-0.2, -0.15) is 0 Å². The molecular formula is C46H29N3O. The van der Waals surface area contributed by atoms with Crippen molar-refractivity contribution in [1.82, 2.24) is 14.5 Å². The lowest BCUT2D eigenvalue weighted by Gasteiger charge is -2.09. The second-order valence-corrected chi connectivity index (χ2v) is 12.7. The first-order valence-electron chi connectivity index (χ1n) is 16.8. The van der Waals surface area contributed by atoms with Gasteiger partial charge in [0.1, 0.15) is 23.1 Å². The van der Waals surface area contributed by atoms with Gasteiger partial charge in [-0.25, -0.2) is 9.97 Å². The number of furan rings is 1. The Kier molecular flexibility index (Phi) is 6.46. The van der Waals surface area contributed by atoms with E-state index in [2.05, 4.69) is 162 Å². The highest BCUT2D eigenvalue weighted by molar-refractivity contribution is 6.11. The molecule has 10 rings (SSSR count). The van der Waals surface area contributed by atoms with E-state index >= 15 is 0 Å². The van der Waals surface area contributed by atoms with Crippen LogP contribution >= 0.6 is 0 Å². The molecule has 0 amide bonds. The van der Waals surface area contributed by atoms with Crippen LogP contribution in [-0.2, 0) is 0 Å². The van der Waals surface area contributed by atoms with Gasteiger partial charge < -0.3 is 8.98 Å². The number of nitrogens with zero attached hydrogens (tertiary/aromatic N) is 3. The van der Waals surface area contributed by atoms with Crippen molar-refractivity contribution in [3.05, 3.63) is 176 Å². The summed E-state index contributed by atoms with van der Waals surface area (Å²) >= 11 is 0. The third-order valence-corrected chi connectivity index (χ3v) is 9.73. The minimum Gasteiger partial charge on any atom is -0.452 e. The van der Waals surface area contributed by atoms with Crippen LogP contribution in [0.2, 0.25) is 0 Å². The Labute approximate surface area is 288 Å². The van der Waals surface area contributed by atoms with Crippen LogP contribution in [0.5, 0.6) is 0 Å². The van der Waals surface area contributed by atoms with Gasteiger partial charge in [0.05, 0.1) is 11.0 Å². The minimum absolute atomic E-state index is 0.692. The van der Waals surface area contributed by atoms with E-state index in [4.69, 9.17) is 14.4 Å². The number of aromatic nitrogens is 3. The number of benzene rings is 7. The smallest absolute Gasteiger partial charge is 0.180 e. The molecule has 0 unspecified atom stereocenters. The van der Waals surface area contributed by atoms with E-state index in [0.717, 1.165) is 55.7 Å². The van der Waals surface area contributed by atoms with Gasteiger partial charge in [0.25, 0.3) is 0 Å². The second kappa shape index (κ2) is 11.4. The molecule has 234 valence electrons. The summed E-state index contributed by atoms with van der Waals surface area (Å²) in [5, 5.41) is 3.43. The maximum Gasteiger partial charge on any atom is 0.180 e. The van der Waals surface area contributed by atoms with Crippen molar-refractivity contribution in [1.29, 1.82) is 0 Å². The lowest BCUT2D eigenvalue weighted by atomic mass is 9.99. The van der Waals surface area contributed by atoms with Gasteiger partial charge in [0, 0.05) is 27.4 Å². The molecule has 3 aromatic heterocycles. The van der Waals surface area contributed by atoms with Crippen LogP contribution in [0.15, 0.2) is 181 Å². The molecule has 10 aromatic rings. The SMILES string of the molecule is c1ccc(-c2ccc(-c3ccc4oc5c(-c6cccc(-c7ccc8c(c7)c7ccccc7n8-c7ccccc7)c6)ncnc5c4c3)cc2)cc1. The monoisotopic (exact) mass is 639 g/mol. The van der Waals surface area contributed by atoms with Gasteiger partial charge >= 0.3 is 0 Å². The van der Waals surface area contributed by atoms with Gasteiger partial charge in [-0.3, -0.25) is 0 Å². The Hall–Kier alpha value is -6.78. The summed E-state index contributed by atoms with van der Waals surface area (Å²) in [6.45, 7) is 0. The average Bonchev–Trinajstić information content (AvgIpc) is 3.74. The van der Waals surface area contributed by atoms with Crippen molar-refractivity contribution in [3.63, 3.8) is 0 Å². The Morgan fingerprint density at radius 1 is 0.400 bits per heavy atom. The van der Waals surface area contributed by atoms with E-state index in [9.17, 15) is 0 Å². The quantitative estimate of drug-likeness (QED) is 0.188. The molecule has 0 saturated carbocycles. The summed E-state index contributed by atoms with van der Waals surface area (Å²) in [5.41, 5.74) is 14.5. The zero-order valence-corrected chi connectivity index (χ0v) is 27.0. The summed E-state index contributed by atoms with van der Waals surface area (Å²) in [5.74, 6) is 0. The Morgan fingerprint density at radius 3 is 1.82 bits per heavy atom. The largest absolute Gasteiger partial charge is 0.452 e. The lowest BCUT2D eigenvalue weighted by molar-refractivity contribution is 0.667. The molecule has 50 heavy (non-hydrogen) atoms. The van der Waals surface area contributed by atoms with E-state index in [-0.39, 0.29) is 0 Å². The summed E-state index contributed by atoms with van der Waals surface area (Å²) < 4.78 is 8.82. The molecule has 7 aromatic carbocycles. The van der Waals surface area contributed by atoms with E-state index < -0.39 is 0 Å².